The molecule has 0 N–H and O–H groups in total. The standard InChI is InChI=1S/C16H18O2/c1-12-6-4-5-7-14(12)16(2)10-13(11-17)8-9-15(16)18-3/h4-9,11H,10H2,1-3H3. The highest BCUT2D eigenvalue weighted by Gasteiger charge is 2.36. The Morgan fingerprint density at radius 3 is 2.61 bits per heavy atom. The number of methoxy groups -OCH3 is 1. The van der Waals surface area contributed by atoms with Crippen molar-refractivity contribution in [1.82, 2.24) is 0 Å². The van der Waals surface area contributed by atoms with Gasteiger partial charge in [0.05, 0.1) is 12.5 Å². The minimum atomic E-state index is -0.259. The molecule has 0 bridgehead atoms. The van der Waals surface area contributed by atoms with Gasteiger partial charge in [-0.3, -0.25) is 4.79 Å². The molecule has 0 fully saturated rings. The van der Waals surface area contributed by atoms with E-state index in [1.807, 2.05) is 24.3 Å². The maximum absolute atomic E-state index is 11.0. The molecule has 18 heavy (non-hydrogen) atoms. The molecule has 0 aliphatic heterocycles. The third-order valence-corrected chi connectivity index (χ3v) is 3.66. The molecule has 0 amide bonds. The van der Waals surface area contributed by atoms with Crippen LogP contribution in [0.2, 0.25) is 0 Å². The van der Waals surface area contributed by atoms with Crippen LogP contribution in [-0.2, 0) is 14.9 Å². The molecule has 0 radical (unpaired) electrons. The van der Waals surface area contributed by atoms with E-state index in [4.69, 9.17) is 4.74 Å². The molecule has 2 heteroatoms. The summed E-state index contributed by atoms with van der Waals surface area (Å²) in [5, 5.41) is 0. The van der Waals surface area contributed by atoms with Gasteiger partial charge in [-0.1, -0.05) is 30.3 Å². The molecule has 1 aromatic rings. The van der Waals surface area contributed by atoms with Gasteiger partial charge in [-0.2, -0.15) is 0 Å². The van der Waals surface area contributed by atoms with Crippen LogP contribution in [0.15, 0.2) is 47.7 Å². The largest absolute Gasteiger partial charge is 0.500 e. The third kappa shape index (κ3) is 1.99. The first-order chi connectivity index (χ1) is 8.61. The fourth-order valence-corrected chi connectivity index (χ4v) is 2.72. The summed E-state index contributed by atoms with van der Waals surface area (Å²) in [5.74, 6) is 0.905. The fourth-order valence-electron chi connectivity index (χ4n) is 2.72. The highest BCUT2D eigenvalue weighted by atomic mass is 16.5. The summed E-state index contributed by atoms with van der Waals surface area (Å²) in [6.07, 6.45) is 5.35. The Morgan fingerprint density at radius 2 is 2.00 bits per heavy atom. The van der Waals surface area contributed by atoms with Crippen LogP contribution in [0.1, 0.15) is 24.5 Å². The maximum Gasteiger partial charge on any atom is 0.146 e. The van der Waals surface area contributed by atoms with Crippen LogP contribution in [-0.4, -0.2) is 13.4 Å². The van der Waals surface area contributed by atoms with E-state index in [9.17, 15) is 4.79 Å². The highest BCUT2D eigenvalue weighted by Crippen LogP contribution is 2.41. The quantitative estimate of drug-likeness (QED) is 0.760. The third-order valence-electron chi connectivity index (χ3n) is 3.66. The van der Waals surface area contributed by atoms with Gasteiger partial charge in [-0.05, 0) is 43.0 Å². The number of allylic oxidation sites excluding steroid dienone is 4. The number of rotatable bonds is 3. The molecule has 0 aromatic heterocycles. The van der Waals surface area contributed by atoms with Crippen molar-refractivity contribution in [3.05, 3.63) is 58.9 Å². The van der Waals surface area contributed by atoms with E-state index in [0.717, 1.165) is 17.6 Å². The van der Waals surface area contributed by atoms with Gasteiger partial charge in [0.25, 0.3) is 0 Å². The van der Waals surface area contributed by atoms with Crippen molar-refractivity contribution >= 4 is 6.29 Å². The zero-order chi connectivity index (χ0) is 13.2. The molecule has 1 atom stereocenters. The van der Waals surface area contributed by atoms with Crippen LogP contribution in [0.4, 0.5) is 0 Å². The van der Waals surface area contributed by atoms with Gasteiger partial charge in [0.1, 0.15) is 12.0 Å². The molecular formula is C16H18O2. The van der Waals surface area contributed by atoms with Crippen molar-refractivity contribution in [2.45, 2.75) is 25.7 Å². The molecule has 0 saturated heterocycles. The van der Waals surface area contributed by atoms with Gasteiger partial charge in [-0.15, -0.1) is 0 Å². The van der Waals surface area contributed by atoms with Gasteiger partial charge in [-0.25, -0.2) is 0 Å². The molecule has 1 aromatic carbocycles. The molecular weight excluding hydrogens is 224 g/mol. The number of aldehydes is 1. The number of aryl methyl sites for hydroxylation is 1. The Balaban J connectivity index is 2.53. The summed E-state index contributed by atoms with van der Waals surface area (Å²) in [6, 6.07) is 8.25. The normalized spacial score (nSPS) is 23.1. The van der Waals surface area contributed by atoms with Gasteiger partial charge >= 0.3 is 0 Å². The summed E-state index contributed by atoms with van der Waals surface area (Å²) in [4.78, 5) is 11.0. The minimum absolute atomic E-state index is 0.259. The Kier molecular flexibility index (Phi) is 3.37. The van der Waals surface area contributed by atoms with Gasteiger partial charge < -0.3 is 4.74 Å². The molecule has 1 aliphatic rings. The first-order valence-corrected chi connectivity index (χ1v) is 6.08. The summed E-state index contributed by atoms with van der Waals surface area (Å²) < 4.78 is 5.51. The predicted molar refractivity (Wildman–Crippen MR) is 72.4 cm³/mol. The Labute approximate surface area is 108 Å². The zero-order valence-electron chi connectivity index (χ0n) is 11.1. The molecule has 94 valence electrons. The first kappa shape index (κ1) is 12.6. The number of benzene rings is 1. The van der Waals surface area contributed by atoms with Crippen LogP contribution in [0.3, 0.4) is 0 Å². The van der Waals surface area contributed by atoms with Crippen molar-refractivity contribution in [2.24, 2.45) is 0 Å². The lowest BCUT2D eigenvalue weighted by atomic mass is 9.72. The summed E-state index contributed by atoms with van der Waals surface area (Å²) in [5.41, 5.74) is 2.98. The second-order valence-corrected chi connectivity index (χ2v) is 4.92. The van der Waals surface area contributed by atoms with Gasteiger partial charge in [0, 0.05) is 0 Å². The van der Waals surface area contributed by atoms with Crippen molar-refractivity contribution in [3.8, 4) is 0 Å². The fraction of sp³-hybridized carbons (Fsp3) is 0.312. The molecule has 2 rings (SSSR count). The molecule has 0 saturated carbocycles. The SMILES string of the molecule is COC1=CC=C(C=O)CC1(C)c1ccccc1C. The lowest BCUT2D eigenvalue weighted by Crippen LogP contribution is -2.29. The molecule has 2 nitrogen and oxygen atoms in total. The minimum Gasteiger partial charge on any atom is -0.500 e. The van der Waals surface area contributed by atoms with E-state index < -0.39 is 0 Å². The van der Waals surface area contributed by atoms with Crippen molar-refractivity contribution in [2.75, 3.05) is 7.11 Å². The Hall–Kier alpha value is -1.83. The maximum atomic E-state index is 11.0. The smallest absolute Gasteiger partial charge is 0.146 e. The second-order valence-electron chi connectivity index (χ2n) is 4.92. The van der Waals surface area contributed by atoms with Crippen LogP contribution >= 0.6 is 0 Å². The van der Waals surface area contributed by atoms with Gasteiger partial charge in [0.2, 0.25) is 0 Å². The first-order valence-electron chi connectivity index (χ1n) is 6.08. The van der Waals surface area contributed by atoms with Gasteiger partial charge in [0.15, 0.2) is 0 Å². The topological polar surface area (TPSA) is 26.3 Å². The van der Waals surface area contributed by atoms with Crippen LogP contribution in [0.25, 0.3) is 0 Å². The second kappa shape index (κ2) is 4.81. The summed E-state index contributed by atoms with van der Waals surface area (Å²) >= 11 is 0. The van der Waals surface area contributed by atoms with E-state index in [1.165, 1.54) is 11.1 Å². The van der Waals surface area contributed by atoms with E-state index in [2.05, 4.69) is 26.0 Å². The number of carbonyl (C=O) groups excluding carboxylic acids is 1. The predicted octanol–water partition coefficient (Wildman–Crippen LogP) is 3.31. The average molecular weight is 242 g/mol. The Morgan fingerprint density at radius 1 is 1.28 bits per heavy atom. The lowest BCUT2D eigenvalue weighted by molar-refractivity contribution is -0.105. The number of carbonyl (C=O) groups is 1. The molecule has 0 spiro atoms. The number of hydrogen-bond acceptors (Lipinski definition) is 2. The summed E-state index contributed by atoms with van der Waals surface area (Å²) in [7, 11) is 1.68. The van der Waals surface area contributed by atoms with Crippen molar-refractivity contribution in [3.63, 3.8) is 0 Å². The van der Waals surface area contributed by atoms with E-state index in [1.54, 1.807) is 7.11 Å². The Bertz CT molecular complexity index is 526. The van der Waals surface area contributed by atoms with Crippen molar-refractivity contribution < 1.29 is 9.53 Å². The van der Waals surface area contributed by atoms with E-state index in [-0.39, 0.29) is 5.41 Å². The van der Waals surface area contributed by atoms with E-state index in [0.29, 0.717) is 6.42 Å². The number of ether oxygens (including phenoxy) is 1. The monoisotopic (exact) mass is 242 g/mol. The number of hydrogen-bond donors (Lipinski definition) is 0. The lowest BCUT2D eigenvalue weighted by Gasteiger charge is -2.35. The van der Waals surface area contributed by atoms with Crippen LogP contribution in [0, 0.1) is 6.92 Å². The van der Waals surface area contributed by atoms with E-state index >= 15 is 0 Å². The molecule has 1 unspecified atom stereocenters. The zero-order valence-corrected chi connectivity index (χ0v) is 11.1. The summed E-state index contributed by atoms with van der Waals surface area (Å²) in [6.45, 7) is 4.22. The molecule has 0 heterocycles. The highest BCUT2D eigenvalue weighted by molar-refractivity contribution is 5.75. The van der Waals surface area contributed by atoms with Crippen molar-refractivity contribution in [1.29, 1.82) is 0 Å². The van der Waals surface area contributed by atoms with Crippen LogP contribution in [0.5, 0.6) is 0 Å². The molecule has 1 aliphatic carbocycles. The average Bonchev–Trinajstić information content (AvgIpc) is 2.39. The van der Waals surface area contributed by atoms with Crippen LogP contribution < -0.4 is 0 Å².